The highest BCUT2D eigenvalue weighted by atomic mass is 35.5. The number of esters is 1. The van der Waals surface area contributed by atoms with E-state index in [0.29, 0.717) is 22.2 Å². The summed E-state index contributed by atoms with van der Waals surface area (Å²) >= 11 is 5.85. The van der Waals surface area contributed by atoms with Crippen molar-refractivity contribution in [3.05, 3.63) is 41.1 Å². The predicted octanol–water partition coefficient (Wildman–Crippen LogP) is 3.08. The van der Waals surface area contributed by atoms with Gasteiger partial charge in [0.15, 0.2) is 11.7 Å². The number of allylic oxidation sites excluding steroid dienone is 2. The maximum atomic E-state index is 11.8. The first-order chi connectivity index (χ1) is 8.97. The van der Waals surface area contributed by atoms with Gasteiger partial charge in [-0.2, -0.15) is 0 Å². The van der Waals surface area contributed by atoms with E-state index in [1.165, 1.54) is 6.08 Å². The molecule has 1 heterocycles. The third kappa shape index (κ3) is 3.09. The number of benzene rings is 1. The molecule has 0 fully saturated rings. The minimum absolute atomic E-state index is 0.307. The first-order valence-corrected chi connectivity index (χ1v) is 6.10. The number of rotatable bonds is 2. The number of hydrogen-bond acceptors (Lipinski definition) is 4. The lowest BCUT2D eigenvalue weighted by Gasteiger charge is -2.18. The van der Waals surface area contributed by atoms with Gasteiger partial charge >= 0.3 is 5.97 Å². The van der Waals surface area contributed by atoms with Crippen molar-refractivity contribution in [2.24, 2.45) is 10.9 Å². The zero-order valence-electron chi connectivity index (χ0n) is 10.5. The summed E-state index contributed by atoms with van der Waals surface area (Å²) in [4.78, 5) is 27.8. The second-order valence-electron chi connectivity index (χ2n) is 4.24. The molecular formula is C14H12ClNO3. The molecule has 5 heteroatoms. The lowest BCUT2D eigenvalue weighted by atomic mass is 9.96. The van der Waals surface area contributed by atoms with E-state index in [4.69, 9.17) is 16.3 Å². The van der Waals surface area contributed by atoms with Crippen LogP contribution < -0.4 is 0 Å². The molecule has 1 atom stereocenters. The molecule has 1 aliphatic heterocycles. The van der Waals surface area contributed by atoms with Gasteiger partial charge in [-0.25, -0.2) is 0 Å². The van der Waals surface area contributed by atoms with Crippen molar-refractivity contribution in [2.75, 3.05) is 0 Å². The van der Waals surface area contributed by atoms with Crippen molar-refractivity contribution in [1.82, 2.24) is 0 Å². The van der Waals surface area contributed by atoms with Crippen molar-refractivity contribution in [3.8, 4) is 0 Å². The average Bonchev–Trinajstić information content (AvgIpc) is 2.27. The third-order valence-corrected chi connectivity index (χ3v) is 2.89. The van der Waals surface area contributed by atoms with Crippen LogP contribution in [0.5, 0.6) is 0 Å². The third-order valence-electron chi connectivity index (χ3n) is 2.66. The van der Waals surface area contributed by atoms with Crippen molar-refractivity contribution >= 4 is 34.8 Å². The SMILES string of the molecule is CC1=CC(=O)[C@@H](C(C)=Nc2cccc(Cl)c2)C(=O)O1. The molecule has 0 spiro atoms. The van der Waals surface area contributed by atoms with Crippen LogP contribution in [0.2, 0.25) is 5.02 Å². The van der Waals surface area contributed by atoms with Crippen molar-refractivity contribution in [3.63, 3.8) is 0 Å². The highest BCUT2D eigenvalue weighted by Crippen LogP contribution is 2.22. The van der Waals surface area contributed by atoms with Crippen molar-refractivity contribution in [1.29, 1.82) is 0 Å². The number of carbonyl (C=O) groups excluding carboxylic acids is 2. The van der Waals surface area contributed by atoms with Crippen LogP contribution in [0.1, 0.15) is 13.8 Å². The van der Waals surface area contributed by atoms with Crippen LogP contribution in [0.4, 0.5) is 5.69 Å². The second kappa shape index (κ2) is 5.36. The van der Waals surface area contributed by atoms with E-state index < -0.39 is 11.9 Å². The lowest BCUT2D eigenvalue weighted by molar-refractivity contribution is -0.146. The molecule has 0 N–H and O–H groups in total. The zero-order chi connectivity index (χ0) is 14.0. The molecule has 0 aromatic heterocycles. The van der Waals surface area contributed by atoms with E-state index in [1.807, 2.05) is 0 Å². The summed E-state index contributed by atoms with van der Waals surface area (Å²) in [5.74, 6) is -1.56. The Labute approximate surface area is 115 Å². The Bertz CT molecular complexity index is 604. The normalized spacial score (nSPS) is 20.1. The molecule has 0 saturated heterocycles. The van der Waals surface area contributed by atoms with Gasteiger partial charge in [-0.15, -0.1) is 0 Å². The van der Waals surface area contributed by atoms with Gasteiger partial charge < -0.3 is 4.74 Å². The Kier molecular flexibility index (Phi) is 3.81. The Morgan fingerprint density at radius 3 is 2.74 bits per heavy atom. The Morgan fingerprint density at radius 1 is 1.37 bits per heavy atom. The van der Waals surface area contributed by atoms with Crippen molar-refractivity contribution < 1.29 is 14.3 Å². The van der Waals surface area contributed by atoms with Crippen LogP contribution >= 0.6 is 11.6 Å². The molecule has 19 heavy (non-hydrogen) atoms. The van der Waals surface area contributed by atoms with Crippen LogP contribution in [-0.2, 0) is 14.3 Å². The number of nitrogens with zero attached hydrogens (tertiary/aromatic N) is 1. The number of hydrogen-bond donors (Lipinski definition) is 0. The fourth-order valence-corrected chi connectivity index (χ4v) is 2.02. The highest BCUT2D eigenvalue weighted by Gasteiger charge is 2.33. The minimum atomic E-state index is -0.970. The van der Waals surface area contributed by atoms with E-state index in [1.54, 1.807) is 38.1 Å². The van der Waals surface area contributed by atoms with E-state index in [9.17, 15) is 9.59 Å². The van der Waals surface area contributed by atoms with Gasteiger partial charge in [-0.1, -0.05) is 17.7 Å². The van der Waals surface area contributed by atoms with Crippen LogP contribution in [0.25, 0.3) is 0 Å². The molecule has 2 rings (SSSR count). The van der Waals surface area contributed by atoms with Gasteiger partial charge in [0.1, 0.15) is 5.76 Å². The van der Waals surface area contributed by atoms with E-state index in [2.05, 4.69) is 4.99 Å². The molecule has 98 valence electrons. The van der Waals surface area contributed by atoms with E-state index >= 15 is 0 Å². The van der Waals surface area contributed by atoms with Crippen LogP contribution in [0.15, 0.2) is 41.1 Å². The fourth-order valence-electron chi connectivity index (χ4n) is 1.84. The van der Waals surface area contributed by atoms with E-state index in [0.717, 1.165) is 0 Å². The Balaban J connectivity index is 2.31. The number of ketones is 1. The van der Waals surface area contributed by atoms with Crippen LogP contribution in [0.3, 0.4) is 0 Å². The van der Waals surface area contributed by atoms with Crippen molar-refractivity contribution in [2.45, 2.75) is 13.8 Å². The number of cyclic esters (lactones) is 1. The maximum Gasteiger partial charge on any atom is 0.327 e. The summed E-state index contributed by atoms with van der Waals surface area (Å²) in [5, 5.41) is 0.544. The summed E-state index contributed by atoms with van der Waals surface area (Å²) < 4.78 is 4.95. The van der Waals surface area contributed by atoms with Gasteiger partial charge in [0.2, 0.25) is 0 Å². The molecule has 0 amide bonds. The highest BCUT2D eigenvalue weighted by molar-refractivity contribution is 6.30. The van der Waals surface area contributed by atoms with Gasteiger partial charge in [-0.3, -0.25) is 14.6 Å². The monoisotopic (exact) mass is 277 g/mol. The second-order valence-corrected chi connectivity index (χ2v) is 4.68. The Morgan fingerprint density at radius 2 is 2.11 bits per heavy atom. The molecule has 1 aromatic rings. The molecule has 1 aromatic carbocycles. The summed E-state index contributed by atoms with van der Waals surface area (Å²) in [7, 11) is 0. The first kappa shape index (κ1) is 13.5. The summed E-state index contributed by atoms with van der Waals surface area (Å²) in [6, 6.07) is 6.88. The maximum absolute atomic E-state index is 11.8. The predicted molar refractivity (Wildman–Crippen MR) is 72.6 cm³/mol. The quantitative estimate of drug-likeness (QED) is 0.474. The van der Waals surface area contributed by atoms with Crippen LogP contribution in [-0.4, -0.2) is 17.5 Å². The molecule has 0 aliphatic carbocycles. The van der Waals surface area contributed by atoms with Gasteiger partial charge in [-0.05, 0) is 32.0 Å². The molecule has 4 nitrogen and oxygen atoms in total. The average molecular weight is 278 g/mol. The molecule has 0 radical (unpaired) electrons. The summed E-state index contributed by atoms with van der Waals surface area (Å²) in [5.41, 5.74) is 0.984. The van der Waals surface area contributed by atoms with Crippen LogP contribution in [0, 0.1) is 5.92 Å². The van der Waals surface area contributed by atoms with Gasteiger partial charge in [0.25, 0.3) is 0 Å². The lowest BCUT2D eigenvalue weighted by Crippen LogP contribution is -2.34. The Hall–Kier alpha value is -1.94. The van der Waals surface area contributed by atoms with E-state index in [-0.39, 0.29) is 5.78 Å². The number of aliphatic imine (C=N–C) groups is 1. The largest absolute Gasteiger partial charge is 0.430 e. The minimum Gasteiger partial charge on any atom is -0.430 e. The first-order valence-electron chi connectivity index (χ1n) is 5.72. The number of ether oxygens (including phenoxy) is 1. The number of carbonyl (C=O) groups is 2. The van der Waals surface area contributed by atoms with Gasteiger partial charge in [0, 0.05) is 16.8 Å². The molecule has 0 saturated carbocycles. The van der Waals surface area contributed by atoms with Gasteiger partial charge in [0.05, 0.1) is 5.69 Å². The topological polar surface area (TPSA) is 55.7 Å². The summed E-state index contributed by atoms with van der Waals surface area (Å²) in [6.07, 6.45) is 1.31. The molecular weight excluding hydrogens is 266 g/mol. The number of halogens is 1. The molecule has 0 bridgehead atoms. The zero-order valence-corrected chi connectivity index (χ0v) is 11.3. The smallest absolute Gasteiger partial charge is 0.327 e. The molecule has 0 unspecified atom stereocenters. The summed E-state index contributed by atoms with van der Waals surface area (Å²) in [6.45, 7) is 3.19. The standard InChI is InChI=1S/C14H12ClNO3/c1-8-6-12(17)13(14(18)19-8)9(2)16-11-5-3-4-10(15)7-11/h3-7,13H,1-2H3/t13-/m1/s1. The fraction of sp³-hybridized carbons (Fsp3) is 0.214. The molecule has 1 aliphatic rings.